The van der Waals surface area contributed by atoms with Crippen molar-refractivity contribution < 1.29 is 9.21 Å². The van der Waals surface area contributed by atoms with E-state index in [9.17, 15) is 4.79 Å². The van der Waals surface area contributed by atoms with E-state index in [1.54, 1.807) is 11.0 Å². The monoisotopic (exact) mass is 420 g/mol. The molecule has 1 aliphatic carbocycles. The minimum Gasteiger partial charge on any atom is -0.456 e. The zero-order valence-corrected chi connectivity index (χ0v) is 20.0. The zero-order chi connectivity index (χ0) is 22.8. The second-order valence-electron chi connectivity index (χ2n) is 10.2. The van der Waals surface area contributed by atoms with Crippen LogP contribution in [0.2, 0.25) is 0 Å². The first-order chi connectivity index (χ1) is 14.6. The van der Waals surface area contributed by atoms with Gasteiger partial charge in [0.25, 0.3) is 5.91 Å². The number of amides is 1. The van der Waals surface area contributed by atoms with Crippen molar-refractivity contribution in [2.75, 3.05) is 13.1 Å². The van der Waals surface area contributed by atoms with E-state index in [-0.39, 0.29) is 16.7 Å². The lowest BCUT2D eigenvalue weighted by Crippen LogP contribution is -2.34. The number of hydrogen-bond donors (Lipinski definition) is 0. The minimum absolute atomic E-state index is 0.131. The van der Waals surface area contributed by atoms with Crippen molar-refractivity contribution >= 4 is 5.91 Å². The summed E-state index contributed by atoms with van der Waals surface area (Å²) in [5.41, 5.74) is 5.80. The van der Waals surface area contributed by atoms with Crippen LogP contribution < -0.4 is 0 Å². The summed E-state index contributed by atoms with van der Waals surface area (Å²) < 4.78 is 5.97. The highest BCUT2D eigenvalue weighted by molar-refractivity contribution is 5.91. The molecule has 0 N–H and O–H groups in total. The Morgan fingerprint density at radius 2 is 1.74 bits per heavy atom. The quantitative estimate of drug-likeness (QED) is 0.528. The molecule has 0 unspecified atom stereocenters. The number of carbonyl (C=O) groups excluding carboxylic acids is 1. The van der Waals surface area contributed by atoms with Crippen LogP contribution in [0.25, 0.3) is 0 Å². The van der Waals surface area contributed by atoms with Crippen molar-refractivity contribution in [3.8, 4) is 6.07 Å². The van der Waals surface area contributed by atoms with Gasteiger partial charge in [0.2, 0.25) is 0 Å². The smallest absolute Gasteiger partial charge is 0.289 e. The van der Waals surface area contributed by atoms with Crippen molar-refractivity contribution in [3.63, 3.8) is 0 Å². The second-order valence-corrected chi connectivity index (χ2v) is 10.2. The van der Waals surface area contributed by atoms with Crippen molar-refractivity contribution in [1.29, 1.82) is 5.26 Å². The molecule has 31 heavy (non-hydrogen) atoms. The van der Waals surface area contributed by atoms with E-state index in [0.717, 1.165) is 12.2 Å². The molecule has 1 amide bonds. The first kappa shape index (κ1) is 23.1. The molecule has 4 heteroatoms. The van der Waals surface area contributed by atoms with Gasteiger partial charge in [-0.1, -0.05) is 46.8 Å². The Morgan fingerprint density at radius 3 is 2.35 bits per heavy atom. The lowest BCUT2D eigenvalue weighted by molar-refractivity contribution is 0.0725. The van der Waals surface area contributed by atoms with E-state index in [1.807, 2.05) is 13.0 Å². The summed E-state index contributed by atoms with van der Waals surface area (Å²) in [7, 11) is 0. The van der Waals surface area contributed by atoms with E-state index in [1.165, 1.54) is 35.1 Å². The van der Waals surface area contributed by atoms with Crippen LogP contribution in [0.1, 0.15) is 98.9 Å². The van der Waals surface area contributed by atoms with Crippen LogP contribution in [0.5, 0.6) is 0 Å². The molecule has 3 rings (SSSR count). The van der Waals surface area contributed by atoms with Gasteiger partial charge in [-0.2, -0.15) is 5.26 Å². The first-order valence-electron chi connectivity index (χ1n) is 11.5. The third-order valence-corrected chi connectivity index (χ3v) is 6.82. The number of nitrogens with zero attached hydrogens (tertiary/aromatic N) is 2. The number of furan rings is 1. The van der Waals surface area contributed by atoms with Crippen molar-refractivity contribution in [2.45, 2.75) is 84.5 Å². The molecule has 1 aliphatic rings. The van der Waals surface area contributed by atoms with Gasteiger partial charge in [0.05, 0.1) is 12.5 Å². The number of rotatable bonds is 7. The van der Waals surface area contributed by atoms with Crippen LogP contribution in [0.15, 0.2) is 28.7 Å². The minimum atomic E-state index is -0.131. The van der Waals surface area contributed by atoms with Gasteiger partial charge < -0.3 is 9.32 Å². The Kier molecular flexibility index (Phi) is 6.65. The third kappa shape index (κ3) is 4.87. The number of nitriles is 1. The Morgan fingerprint density at radius 1 is 1.10 bits per heavy atom. The highest BCUT2D eigenvalue weighted by Gasteiger charge is 2.37. The average molecular weight is 421 g/mol. The summed E-state index contributed by atoms with van der Waals surface area (Å²) in [5, 5.41) is 8.87. The van der Waals surface area contributed by atoms with Gasteiger partial charge in [0.15, 0.2) is 5.76 Å². The Bertz CT molecular complexity index is 991. The fraction of sp³-hybridized carbons (Fsp3) is 0.556. The Labute approximate surface area is 187 Å². The van der Waals surface area contributed by atoms with Gasteiger partial charge in [-0.05, 0) is 71.4 Å². The summed E-state index contributed by atoms with van der Waals surface area (Å²) in [6, 6.07) is 10.5. The maximum atomic E-state index is 12.8. The summed E-state index contributed by atoms with van der Waals surface area (Å²) in [4.78, 5) is 14.6. The standard InChI is InChI=1S/C27H36N2O2/c1-7-14-29(15-8-13-28)25(30)24-10-9-21(31-24)17-20-18-23-22(16-19(20)2)26(3,4)11-12-27(23,5)6/h9-10,16,18H,7-8,11-12,14-15,17H2,1-6H3. The fourth-order valence-electron chi connectivity index (χ4n) is 4.66. The molecule has 0 spiro atoms. The molecule has 2 aromatic rings. The highest BCUT2D eigenvalue weighted by atomic mass is 16.4. The highest BCUT2D eigenvalue weighted by Crippen LogP contribution is 2.46. The van der Waals surface area contributed by atoms with Crippen LogP contribution in [0, 0.1) is 18.3 Å². The molecular weight excluding hydrogens is 384 g/mol. The normalized spacial score (nSPS) is 16.4. The number of benzene rings is 1. The van der Waals surface area contributed by atoms with Gasteiger partial charge in [0.1, 0.15) is 5.76 Å². The Balaban J connectivity index is 1.85. The van der Waals surface area contributed by atoms with Gasteiger partial charge in [-0.25, -0.2) is 0 Å². The van der Waals surface area contributed by atoms with Crippen LogP contribution >= 0.6 is 0 Å². The molecule has 0 radical (unpaired) electrons. The molecule has 166 valence electrons. The predicted molar refractivity (Wildman–Crippen MR) is 124 cm³/mol. The molecule has 4 nitrogen and oxygen atoms in total. The molecule has 0 atom stereocenters. The van der Waals surface area contributed by atoms with E-state index in [0.29, 0.717) is 31.7 Å². The van der Waals surface area contributed by atoms with Gasteiger partial charge in [-0.3, -0.25) is 4.79 Å². The van der Waals surface area contributed by atoms with Crippen molar-refractivity contribution in [1.82, 2.24) is 4.90 Å². The summed E-state index contributed by atoms with van der Waals surface area (Å²) in [6.07, 6.45) is 4.25. The van der Waals surface area contributed by atoms with E-state index < -0.39 is 0 Å². The maximum Gasteiger partial charge on any atom is 0.289 e. The van der Waals surface area contributed by atoms with Crippen molar-refractivity contribution in [3.05, 3.63) is 58.0 Å². The molecule has 1 aromatic carbocycles. The van der Waals surface area contributed by atoms with Gasteiger partial charge in [-0.15, -0.1) is 0 Å². The van der Waals surface area contributed by atoms with E-state index in [2.05, 4.69) is 52.8 Å². The topological polar surface area (TPSA) is 57.2 Å². The molecule has 0 saturated carbocycles. The molecule has 1 aromatic heterocycles. The zero-order valence-electron chi connectivity index (χ0n) is 20.0. The average Bonchev–Trinajstić information content (AvgIpc) is 3.18. The summed E-state index contributed by atoms with van der Waals surface area (Å²) >= 11 is 0. The van der Waals surface area contributed by atoms with E-state index >= 15 is 0 Å². The molecule has 0 fully saturated rings. The second kappa shape index (κ2) is 8.91. The predicted octanol–water partition coefficient (Wildman–Crippen LogP) is 6.29. The lowest BCUT2D eigenvalue weighted by Gasteiger charge is -2.42. The van der Waals surface area contributed by atoms with Crippen LogP contribution in [0.3, 0.4) is 0 Å². The largest absolute Gasteiger partial charge is 0.456 e. The first-order valence-corrected chi connectivity index (χ1v) is 11.5. The molecular formula is C27H36N2O2. The van der Waals surface area contributed by atoms with Crippen LogP contribution in [0.4, 0.5) is 0 Å². The third-order valence-electron chi connectivity index (χ3n) is 6.82. The maximum absolute atomic E-state index is 12.8. The summed E-state index contributed by atoms with van der Waals surface area (Å²) in [5.74, 6) is 1.03. The van der Waals surface area contributed by atoms with Crippen LogP contribution in [-0.2, 0) is 17.3 Å². The van der Waals surface area contributed by atoms with Gasteiger partial charge >= 0.3 is 0 Å². The number of carbonyl (C=O) groups is 1. The van der Waals surface area contributed by atoms with Gasteiger partial charge in [0, 0.05) is 19.5 Å². The van der Waals surface area contributed by atoms with Crippen LogP contribution in [-0.4, -0.2) is 23.9 Å². The summed E-state index contributed by atoms with van der Waals surface area (Å²) in [6.45, 7) is 14.6. The molecule has 0 saturated heterocycles. The van der Waals surface area contributed by atoms with Crippen molar-refractivity contribution in [2.24, 2.45) is 0 Å². The number of hydrogen-bond acceptors (Lipinski definition) is 3. The Hall–Kier alpha value is -2.54. The number of fused-ring (bicyclic) bond motifs is 1. The van der Waals surface area contributed by atoms with E-state index in [4.69, 9.17) is 9.68 Å². The number of aryl methyl sites for hydroxylation is 1. The fourth-order valence-corrected chi connectivity index (χ4v) is 4.66. The molecule has 0 aliphatic heterocycles. The SMILES string of the molecule is CCCN(CCC#N)C(=O)c1ccc(Cc2cc3c(cc2C)C(C)(C)CCC3(C)C)o1. The molecule has 0 bridgehead atoms. The lowest BCUT2D eigenvalue weighted by atomic mass is 9.62. The molecule has 1 heterocycles.